The highest BCUT2D eigenvalue weighted by atomic mass is 15.1. The minimum absolute atomic E-state index is 0.681. The number of nitrogens with two attached hydrogens (primary N) is 1. The summed E-state index contributed by atoms with van der Waals surface area (Å²) in [6.07, 6.45) is 5.50. The van der Waals surface area contributed by atoms with Crippen LogP contribution in [0.25, 0.3) is 0 Å². The quantitative estimate of drug-likeness (QED) is 0.714. The summed E-state index contributed by atoms with van der Waals surface area (Å²) in [6, 6.07) is 12.1. The molecular weight excluding hydrogens is 258 g/mol. The van der Waals surface area contributed by atoms with Crippen LogP contribution in [0, 0.1) is 11.3 Å². The molecule has 1 unspecified atom stereocenters. The second-order valence-electron chi connectivity index (χ2n) is 5.75. The molecule has 0 aliphatic rings. The van der Waals surface area contributed by atoms with Gasteiger partial charge in [0.25, 0.3) is 0 Å². The number of benzene rings is 1. The van der Waals surface area contributed by atoms with Crippen LogP contribution in [-0.2, 0) is 5.54 Å². The van der Waals surface area contributed by atoms with Gasteiger partial charge in [0.2, 0.25) is 0 Å². The van der Waals surface area contributed by atoms with Crippen LogP contribution < -0.4 is 5.73 Å². The Hall–Kier alpha value is -1.37. The summed E-state index contributed by atoms with van der Waals surface area (Å²) in [5.74, 6) is 0. The summed E-state index contributed by atoms with van der Waals surface area (Å²) >= 11 is 0. The van der Waals surface area contributed by atoms with Crippen molar-refractivity contribution in [2.24, 2.45) is 5.73 Å². The predicted molar refractivity (Wildman–Crippen MR) is 88.8 cm³/mol. The van der Waals surface area contributed by atoms with Crippen molar-refractivity contribution in [2.75, 3.05) is 19.6 Å². The Morgan fingerprint density at radius 1 is 1.05 bits per heavy atom. The number of unbranched alkanes of at least 4 members (excludes halogenated alkanes) is 2. The number of rotatable bonds is 10. The fraction of sp³-hybridized carbons (Fsp3) is 0.611. The monoisotopic (exact) mass is 287 g/mol. The summed E-state index contributed by atoms with van der Waals surface area (Å²) in [4.78, 5) is 2.45. The molecule has 2 N–H and O–H groups in total. The van der Waals surface area contributed by atoms with E-state index < -0.39 is 5.54 Å². The SMILES string of the molecule is CCCCN(CCCC)CCC(N)(C#N)c1ccccc1. The van der Waals surface area contributed by atoms with Gasteiger partial charge in [0.05, 0.1) is 6.07 Å². The molecule has 3 nitrogen and oxygen atoms in total. The van der Waals surface area contributed by atoms with Crippen molar-refractivity contribution < 1.29 is 0 Å². The van der Waals surface area contributed by atoms with Crippen LogP contribution in [0.4, 0.5) is 0 Å². The van der Waals surface area contributed by atoms with Crippen LogP contribution in [0.5, 0.6) is 0 Å². The first-order valence-corrected chi connectivity index (χ1v) is 8.14. The number of nitriles is 1. The highest BCUT2D eigenvalue weighted by molar-refractivity contribution is 5.30. The summed E-state index contributed by atoms with van der Waals surface area (Å²) in [5, 5.41) is 9.51. The lowest BCUT2D eigenvalue weighted by Gasteiger charge is -2.28. The van der Waals surface area contributed by atoms with E-state index in [1.807, 2.05) is 30.3 Å². The Morgan fingerprint density at radius 3 is 2.10 bits per heavy atom. The van der Waals surface area contributed by atoms with E-state index in [9.17, 15) is 5.26 Å². The molecule has 0 saturated heterocycles. The van der Waals surface area contributed by atoms with Gasteiger partial charge in [-0.05, 0) is 37.9 Å². The van der Waals surface area contributed by atoms with Crippen molar-refractivity contribution in [1.29, 1.82) is 5.26 Å². The van der Waals surface area contributed by atoms with E-state index in [0.29, 0.717) is 6.42 Å². The maximum absolute atomic E-state index is 9.51. The van der Waals surface area contributed by atoms with Crippen LogP contribution in [0.2, 0.25) is 0 Å². The van der Waals surface area contributed by atoms with Gasteiger partial charge in [-0.1, -0.05) is 57.0 Å². The van der Waals surface area contributed by atoms with Gasteiger partial charge in [0.15, 0.2) is 0 Å². The molecule has 0 aliphatic heterocycles. The standard InChI is InChI=1S/C18H29N3/c1-3-5-13-21(14-6-4-2)15-12-18(20,16-19)17-10-8-7-9-11-17/h7-11H,3-6,12-15,20H2,1-2H3. The molecule has 0 bridgehead atoms. The Balaban J connectivity index is 2.64. The minimum atomic E-state index is -0.877. The minimum Gasteiger partial charge on any atom is -0.310 e. The molecular formula is C18H29N3. The van der Waals surface area contributed by atoms with Crippen LogP contribution in [0.1, 0.15) is 51.5 Å². The average molecular weight is 287 g/mol. The van der Waals surface area contributed by atoms with E-state index in [1.165, 1.54) is 25.7 Å². The molecule has 0 radical (unpaired) electrons. The summed E-state index contributed by atoms with van der Waals surface area (Å²) in [5.41, 5.74) is 6.37. The van der Waals surface area contributed by atoms with Crippen molar-refractivity contribution in [1.82, 2.24) is 4.90 Å². The van der Waals surface area contributed by atoms with Gasteiger partial charge in [-0.15, -0.1) is 0 Å². The van der Waals surface area contributed by atoms with Crippen molar-refractivity contribution in [3.8, 4) is 6.07 Å². The zero-order chi connectivity index (χ0) is 15.6. The second kappa shape index (κ2) is 9.55. The molecule has 0 heterocycles. The highest BCUT2D eigenvalue weighted by Gasteiger charge is 2.27. The fourth-order valence-corrected chi connectivity index (χ4v) is 2.43. The van der Waals surface area contributed by atoms with Crippen molar-refractivity contribution >= 4 is 0 Å². The van der Waals surface area contributed by atoms with Gasteiger partial charge < -0.3 is 10.6 Å². The van der Waals surface area contributed by atoms with Crippen LogP contribution >= 0.6 is 0 Å². The lowest BCUT2D eigenvalue weighted by atomic mass is 9.89. The normalized spacial score (nSPS) is 13.9. The van der Waals surface area contributed by atoms with E-state index >= 15 is 0 Å². The molecule has 0 saturated carbocycles. The predicted octanol–water partition coefficient (Wildman–Crippen LogP) is 3.66. The van der Waals surface area contributed by atoms with Crippen molar-refractivity contribution in [3.05, 3.63) is 35.9 Å². The van der Waals surface area contributed by atoms with Gasteiger partial charge in [-0.3, -0.25) is 0 Å². The van der Waals surface area contributed by atoms with Crippen LogP contribution in [-0.4, -0.2) is 24.5 Å². The van der Waals surface area contributed by atoms with E-state index in [4.69, 9.17) is 5.73 Å². The molecule has 116 valence electrons. The molecule has 0 amide bonds. The number of hydrogen-bond donors (Lipinski definition) is 1. The van der Waals surface area contributed by atoms with E-state index in [1.54, 1.807) is 0 Å². The Kier molecular flexibility index (Phi) is 8.04. The van der Waals surface area contributed by atoms with Gasteiger partial charge in [-0.2, -0.15) is 5.26 Å². The molecule has 1 aromatic rings. The first-order chi connectivity index (χ1) is 10.2. The molecule has 1 atom stereocenters. The summed E-state index contributed by atoms with van der Waals surface area (Å²) in [6.45, 7) is 7.52. The third-order valence-electron chi connectivity index (χ3n) is 3.97. The molecule has 1 rings (SSSR count). The third-order valence-corrected chi connectivity index (χ3v) is 3.97. The van der Waals surface area contributed by atoms with Crippen LogP contribution in [0.3, 0.4) is 0 Å². The Morgan fingerprint density at radius 2 is 1.62 bits per heavy atom. The first-order valence-electron chi connectivity index (χ1n) is 8.14. The lowest BCUT2D eigenvalue weighted by molar-refractivity contribution is 0.245. The summed E-state index contributed by atoms with van der Waals surface area (Å²) in [7, 11) is 0. The zero-order valence-electron chi connectivity index (χ0n) is 13.5. The average Bonchev–Trinajstić information content (AvgIpc) is 2.54. The zero-order valence-corrected chi connectivity index (χ0v) is 13.5. The molecule has 3 heteroatoms. The summed E-state index contributed by atoms with van der Waals surface area (Å²) < 4.78 is 0. The Bertz CT molecular complexity index is 416. The number of hydrogen-bond acceptors (Lipinski definition) is 3. The second-order valence-corrected chi connectivity index (χ2v) is 5.75. The lowest BCUT2D eigenvalue weighted by Crippen LogP contribution is -2.40. The first kappa shape index (κ1) is 17.7. The largest absolute Gasteiger partial charge is 0.310 e. The highest BCUT2D eigenvalue weighted by Crippen LogP contribution is 2.21. The molecule has 0 aliphatic carbocycles. The van der Waals surface area contributed by atoms with Crippen molar-refractivity contribution in [2.45, 2.75) is 51.5 Å². The smallest absolute Gasteiger partial charge is 0.131 e. The van der Waals surface area contributed by atoms with E-state index in [2.05, 4.69) is 24.8 Å². The number of nitrogens with zero attached hydrogens (tertiary/aromatic N) is 2. The fourth-order valence-electron chi connectivity index (χ4n) is 2.43. The molecule has 1 aromatic carbocycles. The van der Waals surface area contributed by atoms with E-state index in [0.717, 1.165) is 25.2 Å². The molecule has 0 spiro atoms. The van der Waals surface area contributed by atoms with Gasteiger partial charge in [0.1, 0.15) is 5.54 Å². The maximum atomic E-state index is 9.51. The maximum Gasteiger partial charge on any atom is 0.131 e. The van der Waals surface area contributed by atoms with E-state index in [-0.39, 0.29) is 0 Å². The van der Waals surface area contributed by atoms with Gasteiger partial charge in [0, 0.05) is 6.54 Å². The van der Waals surface area contributed by atoms with Gasteiger partial charge in [-0.25, -0.2) is 0 Å². The Labute approximate surface area is 129 Å². The molecule has 0 fully saturated rings. The van der Waals surface area contributed by atoms with Gasteiger partial charge >= 0.3 is 0 Å². The molecule has 21 heavy (non-hydrogen) atoms. The molecule has 0 aromatic heterocycles. The van der Waals surface area contributed by atoms with Crippen LogP contribution in [0.15, 0.2) is 30.3 Å². The van der Waals surface area contributed by atoms with Crippen molar-refractivity contribution in [3.63, 3.8) is 0 Å². The topological polar surface area (TPSA) is 53.0 Å². The third kappa shape index (κ3) is 5.87.